The van der Waals surface area contributed by atoms with Crippen molar-refractivity contribution in [3.05, 3.63) is 24.5 Å². The molecule has 0 aliphatic rings. The number of aliphatic carboxylic acids is 1. The molecule has 0 amide bonds. The maximum atomic E-state index is 10.4. The van der Waals surface area contributed by atoms with Gasteiger partial charge in [0.15, 0.2) is 0 Å². The van der Waals surface area contributed by atoms with E-state index in [4.69, 9.17) is 5.11 Å². The van der Waals surface area contributed by atoms with Gasteiger partial charge >= 0.3 is 5.97 Å². The molecule has 0 bridgehead atoms. The molecule has 2 aromatic rings. The summed E-state index contributed by atoms with van der Waals surface area (Å²) >= 11 is 0. The number of carboxylic acids is 1. The van der Waals surface area contributed by atoms with Crippen molar-refractivity contribution in [1.29, 1.82) is 0 Å². The zero-order valence-electron chi connectivity index (χ0n) is 9.05. The minimum absolute atomic E-state index is 0.200. The van der Waals surface area contributed by atoms with Crippen molar-refractivity contribution in [2.45, 2.75) is 12.5 Å². The van der Waals surface area contributed by atoms with E-state index in [2.05, 4.69) is 15.3 Å². The Kier molecular flexibility index (Phi) is 3.24. The summed E-state index contributed by atoms with van der Waals surface area (Å²) in [7, 11) is 0. The summed E-state index contributed by atoms with van der Waals surface area (Å²) in [4.78, 5) is 17.4. The standard InChI is InChI=1S/C11H13N3O3/c15-8(4-11(16)17)5-12-7-1-2-9-10(3-7)14-6-13-9/h1-3,6,8,12,15H,4-5H2,(H,13,14)(H,16,17). The molecule has 1 unspecified atom stereocenters. The highest BCUT2D eigenvalue weighted by Crippen LogP contribution is 2.15. The predicted octanol–water partition coefficient (Wildman–Crippen LogP) is 0.810. The van der Waals surface area contributed by atoms with Gasteiger partial charge in [-0.05, 0) is 18.2 Å². The molecule has 0 saturated carbocycles. The van der Waals surface area contributed by atoms with Crippen LogP contribution in [0.2, 0.25) is 0 Å². The fourth-order valence-corrected chi connectivity index (χ4v) is 1.55. The van der Waals surface area contributed by atoms with Crippen molar-refractivity contribution in [2.75, 3.05) is 11.9 Å². The van der Waals surface area contributed by atoms with Crippen molar-refractivity contribution in [2.24, 2.45) is 0 Å². The molecule has 0 spiro atoms. The summed E-state index contributed by atoms with van der Waals surface area (Å²) in [5, 5.41) is 20.9. The summed E-state index contributed by atoms with van der Waals surface area (Å²) in [6.45, 7) is 0.200. The van der Waals surface area contributed by atoms with Crippen molar-refractivity contribution < 1.29 is 15.0 Å². The van der Waals surface area contributed by atoms with Crippen molar-refractivity contribution >= 4 is 22.7 Å². The van der Waals surface area contributed by atoms with Gasteiger partial charge in [0.25, 0.3) is 0 Å². The highest BCUT2D eigenvalue weighted by atomic mass is 16.4. The summed E-state index contributed by atoms with van der Waals surface area (Å²) in [6.07, 6.45) is 0.442. The molecule has 1 heterocycles. The van der Waals surface area contributed by atoms with E-state index in [-0.39, 0.29) is 13.0 Å². The molecule has 0 radical (unpaired) electrons. The maximum Gasteiger partial charge on any atom is 0.306 e. The molecule has 90 valence electrons. The van der Waals surface area contributed by atoms with E-state index in [1.54, 1.807) is 6.33 Å². The smallest absolute Gasteiger partial charge is 0.306 e. The molecule has 2 rings (SSSR count). The molecule has 6 nitrogen and oxygen atoms in total. The fraction of sp³-hybridized carbons (Fsp3) is 0.273. The Hall–Kier alpha value is -2.08. The number of aromatic amines is 1. The minimum Gasteiger partial charge on any atom is -0.481 e. The van der Waals surface area contributed by atoms with Crippen LogP contribution in [0.3, 0.4) is 0 Å². The van der Waals surface area contributed by atoms with Gasteiger partial charge in [0.05, 0.1) is 29.9 Å². The van der Waals surface area contributed by atoms with E-state index < -0.39 is 12.1 Å². The van der Waals surface area contributed by atoms with Crippen molar-refractivity contribution in [3.8, 4) is 0 Å². The molecule has 1 aromatic carbocycles. The third-order valence-corrected chi connectivity index (χ3v) is 2.37. The first-order valence-corrected chi connectivity index (χ1v) is 5.22. The number of hydrogen-bond donors (Lipinski definition) is 4. The van der Waals surface area contributed by atoms with Crippen LogP contribution in [0.5, 0.6) is 0 Å². The van der Waals surface area contributed by atoms with E-state index in [0.717, 1.165) is 16.7 Å². The van der Waals surface area contributed by atoms with Gasteiger partial charge in [0.2, 0.25) is 0 Å². The number of anilines is 1. The molecule has 17 heavy (non-hydrogen) atoms. The second kappa shape index (κ2) is 4.84. The van der Waals surface area contributed by atoms with Crippen LogP contribution in [0.4, 0.5) is 5.69 Å². The fourth-order valence-electron chi connectivity index (χ4n) is 1.55. The van der Waals surface area contributed by atoms with E-state index in [1.807, 2.05) is 18.2 Å². The summed E-state index contributed by atoms with van der Waals surface area (Å²) in [5.41, 5.74) is 2.57. The molecule has 1 atom stereocenters. The number of carboxylic acid groups (broad SMARTS) is 1. The van der Waals surface area contributed by atoms with Gasteiger partial charge in [0, 0.05) is 12.2 Å². The van der Waals surface area contributed by atoms with Gasteiger partial charge in [-0.25, -0.2) is 4.98 Å². The third kappa shape index (κ3) is 2.94. The van der Waals surface area contributed by atoms with E-state index in [0.29, 0.717) is 0 Å². The lowest BCUT2D eigenvalue weighted by Crippen LogP contribution is -2.22. The number of benzene rings is 1. The first-order chi connectivity index (χ1) is 8.15. The number of carbonyl (C=O) groups is 1. The van der Waals surface area contributed by atoms with Gasteiger partial charge in [-0.1, -0.05) is 0 Å². The van der Waals surface area contributed by atoms with Crippen LogP contribution in [-0.2, 0) is 4.79 Å². The summed E-state index contributed by atoms with van der Waals surface area (Å²) in [6, 6.07) is 5.53. The van der Waals surface area contributed by atoms with Gasteiger partial charge in [-0.2, -0.15) is 0 Å². The van der Waals surface area contributed by atoms with Gasteiger partial charge in [-0.3, -0.25) is 4.79 Å². The lowest BCUT2D eigenvalue weighted by molar-refractivity contribution is -0.138. The second-order valence-corrected chi connectivity index (χ2v) is 3.77. The molecule has 0 saturated heterocycles. The van der Waals surface area contributed by atoms with E-state index in [9.17, 15) is 9.90 Å². The lowest BCUT2D eigenvalue weighted by Gasteiger charge is -2.10. The van der Waals surface area contributed by atoms with E-state index >= 15 is 0 Å². The van der Waals surface area contributed by atoms with Crippen LogP contribution in [0.25, 0.3) is 11.0 Å². The molecule has 1 aromatic heterocycles. The van der Waals surface area contributed by atoms with Crippen LogP contribution in [-0.4, -0.2) is 38.8 Å². The first-order valence-electron chi connectivity index (χ1n) is 5.22. The summed E-state index contributed by atoms with van der Waals surface area (Å²) in [5.74, 6) is -1.01. The number of H-pyrrole nitrogens is 1. The van der Waals surface area contributed by atoms with Crippen LogP contribution >= 0.6 is 0 Å². The van der Waals surface area contributed by atoms with Crippen LogP contribution in [0.1, 0.15) is 6.42 Å². The Morgan fingerprint density at radius 2 is 2.35 bits per heavy atom. The Balaban J connectivity index is 1.96. The molecule has 0 aliphatic heterocycles. The number of rotatable bonds is 5. The molecule has 6 heteroatoms. The second-order valence-electron chi connectivity index (χ2n) is 3.77. The largest absolute Gasteiger partial charge is 0.481 e. The Morgan fingerprint density at radius 1 is 1.53 bits per heavy atom. The average molecular weight is 235 g/mol. The Labute approximate surface area is 97.3 Å². The SMILES string of the molecule is O=C(O)CC(O)CNc1ccc2nc[nH]c2c1. The highest BCUT2D eigenvalue weighted by molar-refractivity contribution is 5.78. The number of nitrogens with zero attached hydrogens (tertiary/aromatic N) is 1. The number of fused-ring (bicyclic) bond motifs is 1. The zero-order valence-corrected chi connectivity index (χ0v) is 9.05. The highest BCUT2D eigenvalue weighted by Gasteiger charge is 2.09. The normalized spacial score (nSPS) is 12.5. The molecule has 0 aliphatic carbocycles. The molecular formula is C11H13N3O3. The number of aliphatic hydroxyl groups is 1. The number of aliphatic hydroxyl groups excluding tert-OH is 1. The summed E-state index contributed by atoms with van der Waals surface area (Å²) < 4.78 is 0. The Bertz CT molecular complexity index is 523. The molecule has 4 N–H and O–H groups in total. The predicted molar refractivity (Wildman–Crippen MR) is 62.8 cm³/mol. The van der Waals surface area contributed by atoms with Crippen molar-refractivity contribution in [3.63, 3.8) is 0 Å². The Morgan fingerprint density at radius 3 is 3.12 bits per heavy atom. The average Bonchev–Trinajstić information content (AvgIpc) is 2.72. The van der Waals surface area contributed by atoms with Gasteiger partial charge in [0.1, 0.15) is 0 Å². The van der Waals surface area contributed by atoms with Crippen LogP contribution < -0.4 is 5.32 Å². The number of nitrogens with one attached hydrogen (secondary N) is 2. The number of aromatic nitrogens is 2. The number of imidazole rings is 1. The van der Waals surface area contributed by atoms with Crippen molar-refractivity contribution in [1.82, 2.24) is 9.97 Å². The minimum atomic E-state index is -1.01. The van der Waals surface area contributed by atoms with Crippen LogP contribution in [0, 0.1) is 0 Å². The third-order valence-electron chi connectivity index (χ3n) is 2.37. The van der Waals surface area contributed by atoms with E-state index in [1.165, 1.54) is 0 Å². The maximum absolute atomic E-state index is 10.4. The quantitative estimate of drug-likeness (QED) is 0.614. The zero-order chi connectivity index (χ0) is 12.3. The molecule has 0 fully saturated rings. The monoisotopic (exact) mass is 235 g/mol. The lowest BCUT2D eigenvalue weighted by atomic mass is 10.2. The van der Waals surface area contributed by atoms with Crippen LogP contribution in [0.15, 0.2) is 24.5 Å². The first kappa shape index (κ1) is 11.4. The number of hydrogen-bond acceptors (Lipinski definition) is 4. The van der Waals surface area contributed by atoms with Gasteiger partial charge in [-0.15, -0.1) is 0 Å². The topological polar surface area (TPSA) is 98.2 Å². The molecular weight excluding hydrogens is 222 g/mol. The van der Waals surface area contributed by atoms with Gasteiger partial charge < -0.3 is 20.5 Å².